The quantitative estimate of drug-likeness (QED) is 0.622. The van der Waals surface area contributed by atoms with Gasteiger partial charge in [-0.3, -0.25) is 14.5 Å². The third-order valence-electron chi connectivity index (χ3n) is 2.27. The SMILES string of the molecule is CC(=O)SCCN1CCN(C=O)CC1. The number of amides is 1. The molecule has 0 atom stereocenters. The Bertz CT molecular complexity index is 203. The van der Waals surface area contributed by atoms with E-state index in [9.17, 15) is 9.59 Å². The van der Waals surface area contributed by atoms with Gasteiger partial charge in [0.1, 0.15) is 0 Å². The topological polar surface area (TPSA) is 40.6 Å². The van der Waals surface area contributed by atoms with Crippen LogP contribution in [0.2, 0.25) is 0 Å². The molecule has 0 aromatic rings. The summed E-state index contributed by atoms with van der Waals surface area (Å²) in [6, 6.07) is 0. The maximum atomic E-state index is 10.7. The van der Waals surface area contributed by atoms with Crippen molar-refractivity contribution in [3.63, 3.8) is 0 Å². The van der Waals surface area contributed by atoms with Crippen LogP contribution in [0.25, 0.3) is 0 Å². The predicted molar refractivity (Wildman–Crippen MR) is 57.2 cm³/mol. The normalized spacial score (nSPS) is 18.2. The van der Waals surface area contributed by atoms with Crippen LogP contribution in [0.3, 0.4) is 0 Å². The molecule has 1 aliphatic rings. The average molecular weight is 216 g/mol. The second-order valence-corrected chi connectivity index (χ2v) is 4.59. The largest absolute Gasteiger partial charge is 0.343 e. The fourth-order valence-electron chi connectivity index (χ4n) is 1.41. The van der Waals surface area contributed by atoms with Crippen molar-refractivity contribution in [2.45, 2.75) is 6.92 Å². The molecule has 0 unspecified atom stereocenters. The van der Waals surface area contributed by atoms with E-state index < -0.39 is 0 Å². The maximum absolute atomic E-state index is 10.7. The van der Waals surface area contributed by atoms with Crippen LogP contribution in [0.1, 0.15) is 6.92 Å². The molecule has 0 radical (unpaired) electrons. The first-order valence-electron chi connectivity index (χ1n) is 4.77. The molecule has 0 saturated carbocycles. The molecule has 4 nitrogen and oxygen atoms in total. The number of piperazine rings is 1. The smallest absolute Gasteiger partial charge is 0.209 e. The van der Waals surface area contributed by atoms with E-state index in [2.05, 4.69) is 4.90 Å². The Labute approximate surface area is 88.6 Å². The van der Waals surface area contributed by atoms with Crippen LogP contribution in [0.15, 0.2) is 0 Å². The molecule has 0 aliphatic carbocycles. The summed E-state index contributed by atoms with van der Waals surface area (Å²) in [6.07, 6.45) is 0.904. The first kappa shape index (κ1) is 11.5. The standard InChI is InChI=1S/C9H16N2O2S/c1-9(13)14-7-6-10-2-4-11(8-12)5-3-10/h8H,2-7H2,1H3. The minimum absolute atomic E-state index is 0.177. The van der Waals surface area contributed by atoms with Crippen molar-refractivity contribution in [3.05, 3.63) is 0 Å². The van der Waals surface area contributed by atoms with Gasteiger partial charge in [0, 0.05) is 45.4 Å². The van der Waals surface area contributed by atoms with Crippen LogP contribution in [0.5, 0.6) is 0 Å². The van der Waals surface area contributed by atoms with E-state index in [-0.39, 0.29) is 5.12 Å². The van der Waals surface area contributed by atoms with Gasteiger partial charge in [0.05, 0.1) is 0 Å². The molecule has 1 saturated heterocycles. The van der Waals surface area contributed by atoms with Gasteiger partial charge in [0.25, 0.3) is 0 Å². The molecule has 0 N–H and O–H groups in total. The molecule has 1 amide bonds. The van der Waals surface area contributed by atoms with Crippen molar-refractivity contribution in [3.8, 4) is 0 Å². The molecular weight excluding hydrogens is 200 g/mol. The van der Waals surface area contributed by atoms with Gasteiger partial charge in [-0.25, -0.2) is 0 Å². The highest BCUT2D eigenvalue weighted by molar-refractivity contribution is 8.13. The monoisotopic (exact) mass is 216 g/mol. The first-order valence-corrected chi connectivity index (χ1v) is 5.76. The number of thioether (sulfide) groups is 1. The minimum Gasteiger partial charge on any atom is -0.343 e. The molecule has 14 heavy (non-hydrogen) atoms. The Morgan fingerprint density at radius 1 is 1.36 bits per heavy atom. The molecule has 0 aromatic heterocycles. The van der Waals surface area contributed by atoms with Gasteiger partial charge in [0.2, 0.25) is 6.41 Å². The first-order chi connectivity index (χ1) is 6.72. The molecule has 80 valence electrons. The van der Waals surface area contributed by atoms with Gasteiger partial charge >= 0.3 is 0 Å². The Morgan fingerprint density at radius 3 is 2.50 bits per heavy atom. The van der Waals surface area contributed by atoms with Gasteiger partial charge in [-0.15, -0.1) is 0 Å². The van der Waals surface area contributed by atoms with Crippen LogP contribution in [-0.2, 0) is 9.59 Å². The van der Waals surface area contributed by atoms with Gasteiger partial charge in [-0.2, -0.15) is 0 Å². The third kappa shape index (κ3) is 4.11. The summed E-state index contributed by atoms with van der Waals surface area (Å²) in [6.45, 7) is 6.02. The summed E-state index contributed by atoms with van der Waals surface area (Å²) in [5.41, 5.74) is 0. The number of hydrogen-bond donors (Lipinski definition) is 0. The zero-order valence-electron chi connectivity index (χ0n) is 8.44. The maximum Gasteiger partial charge on any atom is 0.209 e. The molecule has 5 heteroatoms. The summed E-state index contributed by atoms with van der Waals surface area (Å²) in [5, 5.41) is 0.177. The van der Waals surface area contributed by atoms with Crippen molar-refractivity contribution >= 4 is 23.3 Å². The highest BCUT2D eigenvalue weighted by Crippen LogP contribution is 2.04. The fraction of sp³-hybridized carbons (Fsp3) is 0.778. The van der Waals surface area contributed by atoms with E-state index in [0.717, 1.165) is 44.9 Å². The lowest BCUT2D eigenvalue weighted by atomic mass is 10.3. The number of carbonyl (C=O) groups excluding carboxylic acids is 2. The van der Waals surface area contributed by atoms with Crippen LogP contribution in [-0.4, -0.2) is 59.8 Å². The van der Waals surface area contributed by atoms with Crippen molar-refractivity contribution in [1.82, 2.24) is 9.80 Å². The Morgan fingerprint density at radius 2 is 2.00 bits per heavy atom. The third-order valence-corrected chi connectivity index (χ3v) is 3.06. The molecular formula is C9H16N2O2S. The summed E-state index contributed by atoms with van der Waals surface area (Å²) in [5.74, 6) is 0.858. The number of rotatable bonds is 4. The Kier molecular flexibility index (Phi) is 4.97. The lowest BCUT2D eigenvalue weighted by molar-refractivity contribution is -0.119. The van der Waals surface area contributed by atoms with Crippen molar-refractivity contribution in [2.24, 2.45) is 0 Å². The fourth-order valence-corrected chi connectivity index (χ4v) is 2.05. The zero-order chi connectivity index (χ0) is 10.4. The lowest BCUT2D eigenvalue weighted by Gasteiger charge is -2.32. The van der Waals surface area contributed by atoms with Gasteiger partial charge in [-0.05, 0) is 0 Å². The average Bonchev–Trinajstić information content (AvgIpc) is 2.18. The zero-order valence-corrected chi connectivity index (χ0v) is 9.26. The van der Waals surface area contributed by atoms with Crippen LogP contribution < -0.4 is 0 Å². The number of carbonyl (C=O) groups is 2. The van der Waals surface area contributed by atoms with Crippen molar-refractivity contribution in [2.75, 3.05) is 38.5 Å². The summed E-state index contributed by atoms with van der Waals surface area (Å²) in [7, 11) is 0. The van der Waals surface area contributed by atoms with Crippen LogP contribution in [0, 0.1) is 0 Å². The highest BCUT2D eigenvalue weighted by Gasteiger charge is 2.14. The molecule has 1 fully saturated rings. The van der Waals surface area contributed by atoms with E-state index >= 15 is 0 Å². The van der Waals surface area contributed by atoms with E-state index in [1.165, 1.54) is 11.8 Å². The predicted octanol–water partition coefficient (Wildman–Crippen LogP) is 0.0401. The van der Waals surface area contributed by atoms with Crippen molar-refractivity contribution < 1.29 is 9.59 Å². The summed E-state index contributed by atoms with van der Waals surface area (Å²) in [4.78, 5) is 25.2. The Balaban J connectivity index is 2.10. The van der Waals surface area contributed by atoms with Crippen molar-refractivity contribution in [1.29, 1.82) is 0 Å². The van der Waals surface area contributed by atoms with Crippen LogP contribution in [0.4, 0.5) is 0 Å². The second kappa shape index (κ2) is 6.03. The van der Waals surface area contributed by atoms with E-state index in [1.54, 1.807) is 11.8 Å². The van der Waals surface area contributed by atoms with E-state index in [0.29, 0.717) is 0 Å². The molecule has 0 spiro atoms. The number of hydrogen-bond acceptors (Lipinski definition) is 4. The highest BCUT2D eigenvalue weighted by atomic mass is 32.2. The van der Waals surface area contributed by atoms with Gasteiger partial charge < -0.3 is 4.90 Å². The van der Waals surface area contributed by atoms with Gasteiger partial charge in [0.15, 0.2) is 5.12 Å². The van der Waals surface area contributed by atoms with E-state index in [1.807, 2.05) is 0 Å². The van der Waals surface area contributed by atoms with Crippen LogP contribution >= 0.6 is 11.8 Å². The Hall–Kier alpha value is -0.550. The minimum atomic E-state index is 0.177. The molecule has 1 rings (SSSR count). The second-order valence-electron chi connectivity index (χ2n) is 3.32. The molecule has 0 aromatic carbocycles. The molecule has 1 aliphatic heterocycles. The number of nitrogens with zero attached hydrogens (tertiary/aromatic N) is 2. The van der Waals surface area contributed by atoms with Gasteiger partial charge in [-0.1, -0.05) is 11.8 Å². The molecule has 1 heterocycles. The summed E-state index contributed by atoms with van der Waals surface area (Å²) >= 11 is 1.37. The summed E-state index contributed by atoms with van der Waals surface area (Å²) < 4.78 is 0. The lowest BCUT2D eigenvalue weighted by Crippen LogP contribution is -2.46. The molecule has 0 bridgehead atoms. The van der Waals surface area contributed by atoms with E-state index in [4.69, 9.17) is 0 Å².